The molecule has 24 heteroatoms. The van der Waals surface area contributed by atoms with Crippen LogP contribution in [-0.4, -0.2) is 17.7 Å². The fourth-order valence-corrected chi connectivity index (χ4v) is 9.13. The van der Waals surface area contributed by atoms with Gasteiger partial charge in [0.1, 0.15) is 52.7 Å². The Morgan fingerprint density at radius 2 is 0.662 bits per heavy atom. The number of fused-ring (bicyclic) bond motifs is 1. The number of Topliss-reactive ketones (excluding diaryl/α,β-unsaturated/α-hetero) is 2. The fourth-order valence-electron chi connectivity index (χ4n) is 9.13. The first kappa shape index (κ1) is 59.0. The largest absolute Gasteiger partial charge is 0.287 e. The van der Waals surface area contributed by atoms with Gasteiger partial charge in [-0.1, -0.05) is 101 Å². The van der Waals surface area contributed by atoms with E-state index in [9.17, 15) is 62.3 Å². The molecule has 77 heavy (non-hydrogen) atoms. The minimum absolute atomic E-state index is 0.0177. The summed E-state index contributed by atoms with van der Waals surface area (Å²) in [6.07, 6.45) is 4.39. The number of para-hydroxylation sites is 1. The van der Waals surface area contributed by atoms with Crippen molar-refractivity contribution in [1.29, 1.82) is 0 Å². The van der Waals surface area contributed by atoms with Crippen molar-refractivity contribution in [2.45, 2.75) is 77.7 Å². The van der Waals surface area contributed by atoms with Crippen LogP contribution in [0.2, 0.25) is 0 Å². The molecule has 0 N–H and O–H groups in total. The predicted octanol–water partition coefficient (Wildman–Crippen LogP) is 13.0. The molecule has 6 aromatic carbocycles. The molecule has 3 nitrogen and oxygen atoms in total. The fraction of sp³-hybridized carbons (Fsp3) is 0.226. The van der Waals surface area contributed by atoms with Gasteiger partial charge in [-0.05, 0) is 18.6 Å². The molecule has 408 valence electrons. The second kappa shape index (κ2) is 24.4. The van der Waals surface area contributed by atoms with Gasteiger partial charge in [-0.2, -0.15) is 4.57 Å². The lowest BCUT2D eigenvalue weighted by Crippen LogP contribution is -2.81. The van der Waals surface area contributed by atoms with Crippen molar-refractivity contribution in [3.8, 4) is 0 Å². The summed E-state index contributed by atoms with van der Waals surface area (Å²) in [5.74, 6) is -71.3. The van der Waals surface area contributed by atoms with E-state index in [0.717, 1.165) is 23.7 Å². The Balaban J connectivity index is 0.000000264. The normalized spacial score (nSPS) is 11.6. The van der Waals surface area contributed by atoms with Crippen molar-refractivity contribution in [2.24, 2.45) is 0 Å². The van der Waals surface area contributed by atoms with E-state index < -0.39 is 144 Å². The zero-order valence-electron chi connectivity index (χ0n) is 39.5. The van der Waals surface area contributed by atoms with Crippen molar-refractivity contribution in [1.82, 2.24) is 0 Å². The van der Waals surface area contributed by atoms with E-state index in [1.165, 1.54) is 44.9 Å². The third kappa shape index (κ3) is 10.9. The lowest BCUT2D eigenvalue weighted by Gasteiger charge is -2.44. The molecule has 7 aromatic rings. The number of ketones is 2. The van der Waals surface area contributed by atoms with Crippen LogP contribution in [0.15, 0.2) is 66.7 Å². The number of benzene rings is 6. The van der Waals surface area contributed by atoms with Crippen LogP contribution in [0.25, 0.3) is 10.9 Å². The summed E-state index contributed by atoms with van der Waals surface area (Å²) in [4.78, 5) is 26.0. The Bertz CT molecular complexity index is 3030. The second-order valence-corrected chi connectivity index (χ2v) is 17.5. The van der Waals surface area contributed by atoms with Gasteiger partial charge in [-0.15, -0.1) is 21.9 Å². The van der Waals surface area contributed by atoms with Crippen molar-refractivity contribution in [3.05, 3.63) is 194 Å². The molecule has 0 aliphatic rings. The van der Waals surface area contributed by atoms with E-state index in [-0.39, 0.29) is 18.1 Å². The molecule has 7 rings (SSSR count). The quantitative estimate of drug-likeness (QED) is 0.0163. The Labute approximate surface area is 423 Å². The number of halogens is 20. The van der Waals surface area contributed by atoms with E-state index in [2.05, 4.69) is 6.92 Å². The van der Waals surface area contributed by atoms with Crippen LogP contribution >= 0.6 is 0 Å². The van der Waals surface area contributed by atoms with Crippen LogP contribution in [0.3, 0.4) is 0 Å². The first-order valence-electron chi connectivity index (χ1n) is 23.2. The van der Waals surface area contributed by atoms with Crippen molar-refractivity contribution < 1.29 is 102 Å². The van der Waals surface area contributed by atoms with Gasteiger partial charge in [0.25, 0.3) is 0 Å². The monoisotopic (exact) mass is 1110 g/mol. The van der Waals surface area contributed by atoms with Gasteiger partial charge in [0.05, 0.1) is 0 Å². The summed E-state index contributed by atoms with van der Waals surface area (Å²) in [5, 5.41) is 1.04. The van der Waals surface area contributed by atoms with Gasteiger partial charge >= 0.3 is 0 Å². The minimum Gasteiger partial charge on any atom is -0.287 e. The number of carbonyl (C=O) groups excluding carboxylic acids is 2. The zero-order chi connectivity index (χ0) is 57.0. The van der Waals surface area contributed by atoms with Crippen molar-refractivity contribution in [2.75, 3.05) is 0 Å². The first-order chi connectivity index (χ1) is 36.4. The minimum atomic E-state index is -7.22. The van der Waals surface area contributed by atoms with Gasteiger partial charge in [0, 0.05) is 29.5 Å². The molecule has 1 aromatic heterocycles. The number of aromatic nitrogens is 1. The molecule has 0 aliphatic carbocycles. The van der Waals surface area contributed by atoms with Gasteiger partial charge in [0.2, 0.25) is 29.3 Å². The maximum Gasteiger partial charge on any atom is 0.249 e. The number of hydrogen-bond acceptors (Lipinski definition) is 2. The number of pyridine rings is 1. The average molecular weight is 1110 g/mol. The highest BCUT2D eigenvalue weighted by atomic mass is 19.2. The lowest BCUT2D eigenvalue weighted by atomic mass is 9.12. The van der Waals surface area contributed by atoms with E-state index in [4.69, 9.17) is 0 Å². The average Bonchev–Trinajstić information content (AvgIpc) is 3.42. The van der Waals surface area contributed by atoms with Crippen molar-refractivity contribution in [3.63, 3.8) is 0 Å². The summed E-state index contributed by atoms with van der Waals surface area (Å²) in [5.41, 5.74) is -12.1. The van der Waals surface area contributed by atoms with Crippen LogP contribution in [0.5, 0.6) is 0 Å². The summed E-state index contributed by atoms with van der Waals surface area (Å²) in [6.45, 7) is 2.41. The van der Waals surface area contributed by atoms with E-state index >= 15 is 35.1 Å². The van der Waals surface area contributed by atoms with Crippen LogP contribution in [0.1, 0.15) is 92.0 Å². The number of hydrogen-bond donors (Lipinski definition) is 0. The van der Waals surface area contributed by atoms with Gasteiger partial charge in [-0.3, -0.25) is 9.59 Å². The summed E-state index contributed by atoms with van der Waals surface area (Å²) < 4.78 is 296. The first-order valence-corrected chi connectivity index (χ1v) is 23.2. The van der Waals surface area contributed by atoms with Gasteiger partial charge < -0.3 is 0 Å². The molecular weight excluding hydrogens is 1070 g/mol. The Morgan fingerprint density at radius 3 is 1.03 bits per heavy atom. The molecule has 0 aliphatic heterocycles. The highest BCUT2D eigenvalue weighted by molar-refractivity contribution is 7.20. The highest BCUT2D eigenvalue weighted by Gasteiger charge is 2.52. The third-order valence-corrected chi connectivity index (χ3v) is 12.8. The zero-order valence-corrected chi connectivity index (χ0v) is 39.5. The molecule has 0 saturated carbocycles. The summed E-state index contributed by atoms with van der Waals surface area (Å²) in [7, 11) is 0. The summed E-state index contributed by atoms with van der Waals surface area (Å²) >= 11 is 0. The van der Waals surface area contributed by atoms with Crippen molar-refractivity contribution >= 4 is 50.5 Å². The highest BCUT2D eigenvalue weighted by Crippen LogP contribution is 2.31. The smallest absolute Gasteiger partial charge is 0.249 e. The molecule has 0 unspecified atom stereocenters. The molecule has 0 amide bonds. The number of rotatable bonds is 18. The van der Waals surface area contributed by atoms with Gasteiger partial charge in [-0.25, -0.2) is 87.8 Å². The molecule has 0 radical (unpaired) electrons. The molecule has 0 fully saturated rings. The van der Waals surface area contributed by atoms with Crippen LogP contribution in [-0.2, 0) is 6.54 Å². The van der Waals surface area contributed by atoms with E-state index in [0.29, 0.717) is 17.7 Å². The number of nitrogens with zero attached hydrogens (tertiary/aromatic N) is 1. The molecule has 1 heterocycles. The topological polar surface area (TPSA) is 38.0 Å². The SMILES string of the molecule is CCCCCCCCCCCC(=O)c1ccc2ccccc2[n+]1CC(=O)c1ccccc1.Fc1c(F)c(F)c([B-](c2c(F)c(F)c(F)c(F)c2F)(c2c(F)c(F)c(F)c(F)c2F)c2c(F)c(F)c(F)c(F)c2F)c(F)c1F. The number of unbranched alkanes of at least 4 members (excludes halogenated alkanes) is 8. The van der Waals surface area contributed by atoms with Crippen LogP contribution in [0, 0.1) is 116 Å². The predicted molar refractivity (Wildman–Crippen MR) is 240 cm³/mol. The summed E-state index contributed by atoms with van der Waals surface area (Å²) in [6, 6.07) is 21.1. The third-order valence-electron chi connectivity index (χ3n) is 12.8. The Morgan fingerprint density at radius 1 is 0.351 bits per heavy atom. The lowest BCUT2D eigenvalue weighted by molar-refractivity contribution is -0.659. The maximum absolute atomic E-state index is 15.4. The molecule has 0 saturated heterocycles. The Hall–Kier alpha value is -7.27. The molecule has 0 atom stereocenters. The Kier molecular flexibility index (Phi) is 18.7. The van der Waals surface area contributed by atoms with E-state index in [1.807, 2.05) is 71.3 Å². The van der Waals surface area contributed by atoms with Crippen LogP contribution < -0.4 is 26.4 Å². The second-order valence-electron chi connectivity index (χ2n) is 17.5. The maximum atomic E-state index is 15.4. The molecule has 0 bridgehead atoms. The molecule has 0 spiro atoms. The number of carbonyl (C=O) groups is 2. The molecular formula is C53H36BF20NO2. The van der Waals surface area contributed by atoms with Gasteiger partial charge in [0.15, 0.2) is 69.8 Å². The van der Waals surface area contributed by atoms with Crippen LogP contribution in [0.4, 0.5) is 87.8 Å². The standard InChI is InChI=1S/C29H36NO2.C24BF20/c1-2-3-4-5-6-7-8-9-13-20-28(31)27-22-21-24-16-14-15-19-26(24)30(27)23-29(32)25-17-11-10-12-18-25;26-5-1(6(27)14(35)21(42)13(5)34)25(2-7(28)15(36)22(43)16(37)8(2)29,3-9(30)17(38)23(44)18(39)10(3)31)4-11(32)19(40)24(45)20(41)12(4)33/h10-12,14-19,21-22H,2-9,13,20,23H2,1H3;/q+1;-1. The van der Waals surface area contributed by atoms with E-state index in [1.54, 1.807) is 0 Å².